The zero-order valence-corrected chi connectivity index (χ0v) is 28.5. The summed E-state index contributed by atoms with van der Waals surface area (Å²) in [6, 6.07) is 11.9. The second-order valence-corrected chi connectivity index (χ2v) is 15.5. The van der Waals surface area contributed by atoms with Crippen LogP contribution in [0.25, 0.3) is 0 Å². The van der Waals surface area contributed by atoms with Crippen LogP contribution in [-0.4, -0.2) is 144 Å². The number of fused-ring (bicyclic) bond motifs is 1. The molecule has 9 atom stereocenters. The number of halogens is 1. The normalized spacial score (nSPS) is 32.3. The van der Waals surface area contributed by atoms with Crippen molar-refractivity contribution in [2.75, 3.05) is 30.9 Å². The third-order valence-electron chi connectivity index (χ3n) is 7.55. The molecule has 274 valence electrons. The largest absolute Gasteiger partial charge is 0.394 e. The number of thioether (sulfide) groups is 1. The smallest absolute Gasteiger partial charge is 0.286 e. The van der Waals surface area contributed by atoms with Gasteiger partial charge in [0.2, 0.25) is 15.8 Å². The van der Waals surface area contributed by atoms with Gasteiger partial charge in [-0.25, -0.2) is 13.6 Å². The fourth-order valence-electron chi connectivity index (χ4n) is 4.97. The van der Waals surface area contributed by atoms with Crippen molar-refractivity contribution in [3.05, 3.63) is 53.1 Å². The Kier molecular flexibility index (Phi) is 13.1. The molecule has 0 aromatic heterocycles. The monoisotopic (exact) mass is 773 g/mol. The van der Waals surface area contributed by atoms with Crippen molar-refractivity contribution < 1.29 is 71.9 Å². The molecule has 0 saturated carbocycles. The molecular weight excluding hydrogens is 738 g/mol. The first-order valence-electron chi connectivity index (χ1n) is 14.3. The predicted molar refractivity (Wildman–Crippen MR) is 172 cm³/mol. The lowest BCUT2D eigenvalue weighted by atomic mass is 9.99. The molecule has 2 aromatic rings. The maximum atomic E-state index is 12.4. The second-order valence-electron chi connectivity index (χ2n) is 11.0. The van der Waals surface area contributed by atoms with E-state index >= 15 is 0 Å². The Labute approximate surface area is 289 Å². The van der Waals surface area contributed by atoms with Crippen LogP contribution in [0.3, 0.4) is 0 Å². The molecule has 2 saturated heterocycles. The number of anilines is 1. The highest BCUT2D eigenvalue weighted by Crippen LogP contribution is 2.37. The van der Waals surface area contributed by atoms with E-state index in [1.54, 1.807) is 0 Å². The van der Waals surface area contributed by atoms with Crippen LogP contribution in [-0.2, 0) is 40.0 Å². The molecule has 2 aromatic carbocycles. The van der Waals surface area contributed by atoms with Crippen LogP contribution in [0.5, 0.6) is 0 Å². The number of aliphatic hydroxyl groups is 8. The second kappa shape index (κ2) is 16.1. The molecule has 3 aliphatic heterocycles. The number of rotatable bonds is 10. The van der Waals surface area contributed by atoms with E-state index in [4.69, 9.17) is 41.2 Å². The van der Waals surface area contributed by atoms with Gasteiger partial charge in [0.25, 0.3) is 10.0 Å². The number of hydrogen-bond donors (Lipinski definition) is 10. The van der Waals surface area contributed by atoms with Crippen LogP contribution in [0.2, 0.25) is 5.02 Å². The molecule has 49 heavy (non-hydrogen) atoms. The minimum atomic E-state index is -4.15. The average Bonchev–Trinajstić information content (AvgIpc) is 3.29. The van der Waals surface area contributed by atoms with E-state index in [0.29, 0.717) is 11.5 Å². The molecule has 0 bridgehead atoms. The van der Waals surface area contributed by atoms with Gasteiger partial charge in [-0.2, -0.15) is 8.42 Å². The lowest BCUT2D eigenvalue weighted by molar-refractivity contribution is -0.383. The number of hydrogen-bond acceptors (Lipinski definition) is 17. The lowest BCUT2D eigenvalue weighted by Crippen LogP contribution is -2.62. The van der Waals surface area contributed by atoms with Crippen molar-refractivity contribution in [2.45, 2.75) is 70.3 Å². The summed E-state index contributed by atoms with van der Waals surface area (Å²) in [6.07, 6.45) is -12.7. The predicted octanol–water partition coefficient (Wildman–Crippen LogP) is -2.96. The van der Waals surface area contributed by atoms with Gasteiger partial charge in [-0.3, -0.25) is 0 Å². The summed E-state index contributed by atoms with van der Waals surface area (Å²) in [5.41, 5.74) is 1.28. The summed E-state index contributed by atoms with van der Waals surface area (Å²) >= 11 is 7.43. The van der Waals surface area contributed by atoms with Gasteiger partial charge in [0.1, 0.15) is 65.0 Å². The fraction of sp³-hybridized carbons (Fsp3) is 0.519. The first-order valence-corrected chi connectivity index (χ1v) is 18.8. The number of sulfonamides is 2. The minimum Gasteiger partial charge on any atom is -0.394 e. The van der Waals surface area contributed by atoms with E-state index in [9.17, 15) is 47.5 Å². The number of amidine groups is 1. The summed E-state index contributed by atoms with van der Waals surface area (Å²) in [7, 11) is -8.20. The number of benzene rings is 2. The molecule has 3 heterocycles. The fourth-order valence-corrected chi connectivity index (χ4v) is 8.24. The summed E-state index contributed by atoms with van der Waals surface area (Å²) in [4.78, 5) is -0.733. The van der Waals surface area contributed by atoms with Crippen molar-refractivity contribution in [3.8, 4) is 0 Å². The molecule has 3 aliphatic rings. The van der Waals surface area contributed by atoms with Crippen LogP contribution in [0.4, 0.5) is 5.69 Å². The molecule has 5 rings (SSSR count). The Hall–Kier alpha value is -2.03. The van der Waals surface area contributed by atoms with E-state index in [1.807, 2.05) is 30.3 Å². The van der Waals surface area contributed by atoms with Gasteiger partial charge < -0.3 is 60.4 Å². The highest BCUT2D eigenvalue weighted by molar-refractivity contribution is 7.99. The van der Waals surface area contributed by atoms with E-state index in [2.05, 4.69) is 9.71 Å². The van der Waals surface area contributed by atoms with Crippen LogP contribution < -0.4 is 10.5 Å². The van der Waals surface area contributed by atoms with Gasteiger partial charge in [0.05, 0.1) is 29.7 Å². The number of primary sulfonamides is 1. The Morgan fingerprint density at radius 2 is 1.61 bits per heavy atom. The van der Waals surface area contributed by atoms with Crippen molar-refractivity contribution in [1.82, 2.24) is 0 Å². The van der Waals surface area contributed by atoms with E-state index < -0.39 is 99.6 Å². The molecule has 0 radical (unpaired) electrons. The van der Waals surface area contributed by atoms with Gasteiger partial charge in [-0.05, 0) is 17.7 Å². The zero-order valence-electron chi connectivity index (χ0n) is 25.3. The van der Waals surface area contributed by atoms with E-state index in [-0.39, 0.29) is 21.4 Å². The Balaban J connectivity index is 0.000000223. The molecule has 0 unspecified atom stereocenters. The molecular formula is C27H36ClN3O15S3. The minimum absolute atomic E-state index is 0.160. The number of nitrogens with zero attached hydrogens (tertiary/aromatic N) is 1. The van der Waals surface area contributed by atoms with Gasteiger partial charge in [-0.1, -0.05) is 41.9 Å². The Morgan fingerprint density at radius 1 is 0.959 bits per heavy atom. The zero-order chi connectivity index (χ0) is 36.3. The van der Waals surface area contributed by atoms with Crippen LogP contribution in [0, 0.1) is 0 Å². The average molecular weight is 774 g/mol. The maximum absolute atomic E-state index is 12.4. The SMILES string of the molecule is NS(=O)(=O)c1cc2c(cc1Cl)NC(CSCc1ccccc1)=NS2(=O)=O.OC[C@H]1O[C@@](CO)(O[C@H]2O[C@H](CO)[C@@H](O)[C@H](O)[C@H]2O)[C@@H](O)[C@@H]1O. The number of nitrogens with two attached hydrogens (primary N) is 1. The van der Waals surface area contributed by atoms with E-state index in [1.165, 1.54) is 17.8 Å². The van der Waals surface area contributed by atoms with E-state index in [0.717, 1.165) is 11.6 Å². The summed E-state index contributed by atoms with van der Waals surface area (Å²) in [5.74, 6) is -0.944. The molecule has 0 spiro atoms. The van der Waals surface area contributed by atoms with Crippen LogP contribution in [0.15, 0.2) is 56.7 Å². The summed E-state index contributed by atoms with van der Waals surface area (Å²) < 4.78 is 67.0. The first-order chi connectivity index (χ1) is 23.0. The third-order valence-corrected chi connectivity index (χ3v) is 11.3. The highest BCUT2D eigenvalue weighted by Gasteiger charge is 2.58. The van der Waals surface area contributed by atoms with Gasteiger partial charge >= 0.3 is 0 Å². The first kappa shape index (κ1) is 39.8. The molecule has 22 heteroatoms. The van der Waals surface area contributed by atoms with Crippen molar-refractivity contribution >= 4 is 54.9 Å². The number of nitrogens with one attached hydrogen (secondary N) is 1. The Bertz CT molecular complexity index is 1700. The van der Waals surface area contributed by atoms with Crippen molar-refractivity contribution in [1.29, 1.82) is 0 Å². The third kappa shape index (κ3) is 8.89. The standard InChI is InChI=1S/C15H14ClN3O4S3.C12H22O11/c16-11-6-12-14(7-13(11)25(17,20)21)26(22,23)19-15(18-12)9-24-8-10-4-2-1-3-5-10;13-1-4-6(16)8(18)9(19)11(21-4)23-12(3-15)10(20)7(17)5(2-14)22-12/h1-7H,8-9H2,(H,18,19)(H2,17,20,21);4-11,13-20H,1-3H2/t;4-,5-,6-,7-,8+,9-,10+,11-,12+/m.1/s1. The maximum Gasteiger partial charge on any atom is 0.286 e. The van der Waals surface area contributed by atoms with Gasteiger partial charge in [-0.15, -0.1) is 16.2 Å². The lowest BCUT2D eigenvalue weighted by Gasteiger charge is -2.43. The van der Waals surface area contributed by atoms with Crippen molar-refractivity contribution in [2.24, 2.45) is 9.54 Å². The molecule has 11 N–H and O–H groups in total. The summed E-state index contributed by atoms with van der Waals surface area (Å²) in [6.45, 7) is -2.32. The van der Waals surface area contributed by atoms with Gasteiger partial charge in [0, 0.05) is 5.75 Å². The van der Waals surface area contributed by atoms with Crippen molar-refractivity contribution in [3.63, 3.8) is 0 Å². The molecule has 0 amide bonds. The quantitative estimate of drug-likeness (QED) is 0.115. The topological polar surface area (TPSA) is 308 Å². The Morgan fingerprint density at radius 3 is 2.18 bits per heavy atom. The molecule has 18 nitrogen and oxygen atoms in total. The highest BCUT2D eigenvalue weighted by atomic mass is 35.5. The van der Waals surface area contributed by atoms with Crippen LogP contribution >= 0.6 is 23.4 Å². The summed E-state index contributed by atoms with van der Waals surface area (Å²) in [5, 5.41) is 84.5. The van der Waals surface area contributed by atoms with Gasteiger partial charge in [0.15, 0.2) is 6.29 Å². The molecule has 0 aliphatic carbocycles. The number of aliphatic hydroxyl groups excluding tert-OH is 8. The van der Waals surface area contributed by atoms with Crippen LogP contribution in [0.1, 0.15) is 5.56 Å². The molecule has 2 fully saturated rings. The number of ether oxygens (including phenoxy) is 3.